The summed E-state index contributed by atoms with van der Waals surface area (Å²) in [5, 5.41) is 0. The SMILES string of the molecule is CC(C)C1=NC(C(C)C)(C(C)C)C(C(C)C)(C(C)C)N1c1cccc(-c2cc(-c3ccc(-c4ccccc4)cc3)cc(-c3cccc(N4C(C(C)C)=NC(C(C)C)(C(C)C)C4(C(C)C)C(C)C)c3)n2)c1. The van der Waals surface area contributed by atoms with Gasteiger partial charge in [0.2, 0.25) is 0 Å². The fourth-order valence-corrected chi connectivity index (χ4v) is 14.9. The van der Waals surface area contributed by atoms with Crippen LogP contribution in [-0.2, 0) is 0 Å². The third kappa shape index (κ3) is 8.08. The number of pyridine rings is 1. The van der Waals surface area contributed by atoms with Crippen molar-refractivity contribution in [2.75, 3.05) is 9.80 Å². The highest BCUT2D eigenvalue weighted by Crippen LogP contribution is 2.59. The van der Waals surface area contributed by atoms with Crippen molar-refractivity contribution in [1.29, 1.82) is 0 Å². The zero-order valence-electron chi connectivity index (χ0n) is 47.0. The second-order valence-electron chi connectivity index (χ2n) is 24.1. The number of aromatic nitrogens is 1. The molecule has 7 rings (SSSR count). The second-order valence-corrected chi connectivity index (χ2v) is 24.1. The van der Waals surface area contributed by atoms with E-state index in [-0.39, 0.29) is 34.0 Å². The van der Waals surface area contributed by atoms with Gasteiger partial charge < -0.3 is 9.80 Å². The summed E-state index contributed by atoms with van der Waals surface area (Å²) < 4.78 is 0. The molecule has 3 heterocycles. The van der Waals surface area contributed by atoms with E-state index in [0.717, 1.165) is 33.6 Å². The van der Waals surface area contributed by atoms with Crippen LogP contribution in [0.2, 0.25) is 0 Å². The number of amidine groups is 2. The van der Waals surface area contributed by atoms with Crippen LogP contribution in [0.4, 0.5) is 11.4 Å². The quantitative estimate of drug-likeness (QED) is 0.0990. The van der Waals surface area contributed by atoms with Crippen molar-refractivity contribution in [2.45, 2.75) is 161 Å². The van der Waals surface area contributed by atoms with Gasteiger partial charge in [-0.1, -0.05) is 217 Å². The molecule has 0 spiro atoms. The van der Waals surface area contributed by atoms with E-state index < -0.39 is 0 Å². The number of anilines is 2. The maximum atomic E-state index is 5.94. The van der Waals surface area contributed by atoms with Gasteiger partial charge in [0.25, 0.3) is 0 Å². The number of nitrogens with zero attached hydrogens (tertiary/aromatic N) is 5. The first-order valence-electron chi connectivity index (χ1n) is 27.1. The van der Waals surface area contributed by atoms with Crippen molar-refractivity contribution in [1.82, 2.24) is 4.98 Å². The molecule has 70 heavy (non-hydrogen) atoms. The predicted octanol–water partition coefficient (Wildman–Crippen LogP) is 17.7. The van der Waals surface area contributed by atoms with Crippen LogP contribution >= 0.6 is 0 Å². The molecule has 0 N–H and O–H groups in total. The Morgan fingerprint density at radius 3 is 0.943 bits per heavy atom. The molecule has 0 saturated heterocycles. The van der Waals surface area contributed by atoms with Crippen LogP contribution in [0.15, 0.2) is 125 Å². The summed E-state index contributed by atoms with van der Waals surface area (Å²) in [6.45, 7) is 47.9. The lowest BCUT2D eigenvalue weighted by atomic mass is 9.55. The molecule has 0 unspecified atom stereocenters. The molecule has 5 heteroatoms. The lowest BCUT2D eigenvalue weighted by Gasteiger charge is -2.58. The van der Waals surface area contributed by atoms with Crippen LogP contribution in [-0.4, -0.2) is 38.8 Å². The molecule has 5 nitrogen and oxygen atoms in total. The smallest absolute Gasteiger partial charge is 0.107 e. The zero-order chi connectivity index (χ0) is 51.4. The van der Waals surface area contributed by atoms with Crippen LogP contribution in [0.25, 0.3) is 44.8 Å². The molecule has 0 amide bonds. The van der Waals surface area contributed by atoms with Gasteiger partial charge in [0.05, 0.1) is 33.5 Å². The zero-order valence-corrected chi connectivity index (χ0v) is 47.0. The molecule has 374 valence electrons. The van der Waals surface area contributed by atoms with Crippen molar-refractivity contribution in [3.05, 3.63) is 115 Å². The Labute approximate surface area is 425 Å². The van der Waals surface area contributed by atoms with Gasteiger partial charge in [-0.15, -0.1) is 0 Å². The Morgan fingerprint density at radius 1 is 0.314 bits per heavy atom. The van der Waals surface area contributed by atoms with Crippen LogP contribution in [0, 0.1) is 59.2 Å². The van der Waals surface area contributed by atoms with Gasteiger partial charge in [0.15, 0.2) is 0 Å². The van der Waals surface area contributed by atoms with E-state index in [9.17, 15) is 0 Å². The molecule has 0 aliphatic carbocycles. The second kappa shape index (κ2) is 19.9. The highest BCUT2D eigenvalue weighted by molar-refractivity contribution is 6.05. The highest BCUT2D eigenvalue weighted by Gasteiger charge is 2.67. The molecule has 4 aromatic carbocycles. The van der Waals surface area contributed by atoms with Gasteiger partial charge in [-0.05, 0) is 106 Å². The average Bonchev–Trinajstić information content (AvgIpc) is 3.86. The number of hydrogen-bond donors (Lipinski definition) is 0. The van der Waals surface area contributed by atoms with E-state index in [1.165, 1.54) is 34.2 Å². The third-order valence-electron chi connectivity index (χ3n) is 17.1. The fourth-order valence-electron chi connectivity index (χ4n) is 14.9. The molecule has 0 bridgehead atoms. The van der Waals surface area contributed by atoms with Crippen molar-refractivity contribution < 1.29 is 0 Å². The minimum absolute atomic E-state index is 0.243. The van der Waals surface area contributed by atoms with Gasteiger partial charge in [-0.25, -0.2) is 4.98 Å². The van der Waals surface area contributed by atoms with E-state index in [0.29, 0.717) is 47.3 Å². The summed E-state index contributed by atoms with van der Waals surface area (Å²) in [4.78, 5) is 23.0. The lowest BCUT2D eigenvalue weighted by molar-refractivity contribution is 0.0483. The number of rotatable bonds is 16. The standard InChI is InChI=1S/C65H89N5/c1-40(2)60-67-62(42(5)6,43(7)8)64(46(13)14,47(15)16)69(60)56-30-24-28-53(36-56)58-38-55(52-34-32-51(33-35-52)50-26-22-21-23-27-50)39-59(66-58)54-29-25-31-57(37-54)70-61(41(3)4)68-63(44(9)10,45(11)12)65(70,48(17)18)49(19)20/h21-49H,1-20H3. The molecule has 2 aliphatic rings. The first kappa shape index (κ1) is 52.8. The molecular formula is C65H89N5. The Morgan fingerprint density at radius 2 is 0.629 bits per heavy atom. The third-order valence-corrected chi connectivity index (χ3v) is 17.1. The van der Waals surface area contributed by atoms with Gasteiger partial charge in [-0.3, -0.25) is 9.98 Å². The Balaban J connectivity index is 1.47. The minimum Gasteiger partial charge on any atom is -0.321 e. The maximum Gasteiger partial charge on any atom is 0.107 e. The number of hydrogen-bond acceptors (Lipinski definition) is 5. The Kier molecular flexibility index (Phi) is 15.0. The Bertz CT molecular complexity index is 2480. The van der Waals surface area contributed by atoms with Gasteiger partial charge in [0.1, 0.15) is 11.7 Å². The maximum absolute atomic E-state index is 5.94. The van der Waals surface area contributed by atoms with E-state index >= 15 is 0 Å². The first-order chi connectivity index (χ1) is 33.0. The van der Waals surface area contributed by atoms with Crippen LogP contribution < -0.4 is 9.80 Å². The molecular weight excluding hydrogens is 851 g/mol. The molecule has 0 saturated carbocycles. The summed E-state index contributed by atoms with van der Waals surface area (Å²) in [7, 11) is 0. The summed E-state index contributed by atoms with van der Waals surface area (Å²) >= 11 is 0. The summed E-state index contributed by atoms with van der Waals surface area (Å²) in [6.07, 6.45) is 0. The summed E-state index contributed by atoms with van der Waals surface area (Å²) in [6, 6.07) is 42.8. The van der Waals surface area contributed by atoms with E-state index in [4.69, 9.17) is 15.0 Å². The largest absolute Gasteiger partial charge is 0.321 e. The van der Waals surface area contributed by atoms with Crippen LogP contribution in [0.3, 0.4) is 0 Å². The molecule has 5 aromatic rings. The monoisotopic (exact) mass is 940 g/mol. The normalized spacial score (nSPS) is 17.6. The van der Waals surface area contributed by atoms with Crippen LogP contribution in [0.5, 0.6) is 0 Å². The van der Waals surface area contributed by atoms with E-state index in [1.54, 1.807) is 0 Å². The number of aliphatic imine (C=N–C) groups is 2. The average molecular weight is 940 g/mol. The highest BCUT2D eigenvalue weighted by atomic mass is 15.4. The molecule has 1 aromatic heterocycles. The first-order valence-corrected chi connectivity index (χ1v) is 27.1. The number of benzene rings is 4. The molecule has 0 radical (unpaired) electrons. The van der Waals surface area contributed by atoms with E-state index in [2.05, 4.69) is 264 Å². The lowest BCUT2D eigenvalue weighted by Crippen LogP contribution is -2.70. The molecule has 0 fully saturated rings. The topological polar surface area (TPSA) is 44.1 Å². The Hall–Kier alpha value is -5.03. The predicted molar refractivity (Wildman–Crippen MR) is 305 cm³/mol. The summed E-state index contributed by atoms with van der Waals surface area (Å²) in [5.74, 6) is 5.52. The molecule has 2 aliphatic heterocycles. The van der Waals surface area contributed by atoms with Gasteiger partial charge in [-0.2, -0.15) is 0 Å². The molecule has 0 atom stereocenters. The summed E-state index contributed by atoms with van der Waals surface area (Å²) in [5.41, 5.74) is 10.1. The van der Waals surface area contributed by atoms with Gasteiger partial charge in [0, 0.05) is 34.3 Å². The van der Waals surface area contributed by atoms with Crippen LogP contribution in [0.1, 0.15) is 138 Å². The van der Waals surface area contributed by atoms with Gasteiger partial charge >= 0.3 is 0 Å². The fraction of sp³-hybridized carbons (Fsp3) is 0.523. The van der Waals surface area contributed by atoms with Crippen molar-refractivity contribution >= 4 is 23.0 Å². The van der Waals surface area contributed by atoms with Crippen molar-refractivity contribution in [3.8, 4) is 44.8 Å². The van der Waals surface area contributed by atoms with Crippen molar-refractivity contribution in [3.63, 3.8) is 0 Å². The van der Waals surface area contributed by atoms with E-state index in [1.807, 2.05) is 0 Å². The van der Waals surface area contributed by atoms with Crippen molar-refractivity contribution in [2.24, 2.45) is 69.2 Å². The minimum atomic E-state index is -0.282.